The molecule has 0 aliphatic carbocycles. The number of hydrogen-bond donors (Lipinski definition) is 2. The highest BCUT2D eigenvalue weighted by molar-refractivity contribution is 8.01. The molecule has 230 valence electrons. The second-order valence-corrected chi connectivity index (χ2v) is 13.2. The van der Waals surface area contributed by atoms with Crippen LogP contribution in [0.15, 0.2) is 88.8 Å². The number of aryl methyl sites for hydroxylation is 1. The van der Waals surface area contributed by atoms with Crippen molar-refractivity contribution < 1.29 is 19.1 Å². The van der Waals surface area contributed by atoms with Gasteiger partial charge >= 0.3 is 5.97 Å². The maximum atomic E-state index is 14.1. The molecule has 0 spiro atoms. The predicted molar refractivity (Wildman–Crippen MR) is 173 cm³/mol. The number of amides is 2. The Morgan fingerprint density at radius 1 is 1.18 bits per heavy atom. The lowest BCUT2D eigenvalue weighted by molar-refractivity contribution is -0.154. The van der Waals surface area contributed by atoms with Crippen molar-refractivity contribution in [3.05, 3.63) is 99.7 Å². The van der Waals surface area contributed by atoms with E-state index >= 15 is 0 Å². The number of nitrogens with one attached hydrogen (secondary N) is 1. The largest absolute Gasteiger partial charge is 0.448 e. The van der Waals surface area contributed by atoms with Crippen LogP contribution in [-0.2, 0) is 26.2 Å². The van der Waals surface area contributed by atoms with Crippen molar-refractivity contribution in [1.29, 1.82) is 0 Å². The van der Waals surface area contributed by atoms with Gasteiger partial charge in [-0.2, -0.15) is 0 Å². The second-order valence-electron chi connectivity index (χ2n) is 9.88. The molecule has 45 heavy (non-hydrogen) atoms. The van der Waals surface area contributed by atoms with Crippen molar-refractivity contribution in [3.8, 4) is 0 Å². The first-order chi connectivity index (χ1) is 21.9. The average Bonchev–Trinajstić information content (AvgIpc) is 3.69. The summed E-state index contributed by atoms with van der Waals surface area (Å²) in [6, 6.07) is 17.9. The summed E-state index contributed by atoms with van der Waals surface area (Å²) in [6.45, 7) is 0. The Bertz CT molecular complexity index is 1760. The predicted octanol–water partition coefficient (Wildman–Crippen LogP) is 3.61. The molecule has 1 unspecified atom stereocenters. The summed E-state index contributed by atoms with van der Waals surface area (Å²) in [5.74, 6) is -0.890. The number of fused-ring (bicyclic) bond motifs is 1. The van der Waals surface area contributed by atoms with E-state index in [4.69, 9.17) is 22.1 Å². The molecule has 2 atom stereocenters. The first-order valence-electron chi connectivity index (χ1n) is 13.5. The molecule has 0 saturated carbocycles. The molecule has 16 heteroatoms. The number of thioether (sulfide) groups is 2. The average molecular weight is 681 g/mol. The lowest BCUT2D eigenvalue weighted by Crippen LogP contribution is -2.70. The van der Waals surface area contributed by atoms with Crippen LogP contribution in [0.1, 0.15) is 22.1 Å². The lowest BCUT2D eigenvalue weighted by atomic mass is 10.0. The summed E-state index contributed by atoms with van der Waals surface area (Å²) in [4.78, 5) is 46.8. The van der Waals surface area contributed by atoms with Crippen molar-refractivity contribution >= 4 is 74.9 Å². The fraction of sp³-hybridized carbons (Fsp3) is 0.207. The van der Waals surface area contributed by atoms with Gasteiger partial charge in [0.25, 0.3) is 11.8 Å². The van der Waals surface area contributed by atoms with Crippen LogP contribution in [-0.4, -0.2) is 70.8 Å². The molecule has 1 fully saturated rings. The number of nitrogens with zero attached hydrogens (tertiary/aromatic N) is 6. The van der Waals surface area contributed by atoms with Crippen LogP contribution in [0.4, 0.5) is 5.13 Å². The molecule has 12 nitrogen and oxygen atoms in total. The van der Waals surface area contributed by atoms with Gasteiger partial charge < -0.3 is 15.8 Å². The first-order valence-corrected chi connectivity index (χ1v) is 16.8. The van der Waals surface area contributed by atoms with Crippen LogP contribution in [0, 0.1) is 0 Å². The first kappa shape index (κ1) is 30.8. The molecule has 3 N–H and O–H groups in total. The number of halogens is 1. The van der Waals surface area contributed by atoms with E-state index in [0.717, 1.165) is 28.0 Å². The smallest absolute Gasteiger partial charge is 0.356 e. The van der Waals surface area contributed by atoms with Crippen molar-refractivity contribution in [1.82, 2.24) is 35.4 Å². The van der Waals surface area contributed by atoms with Gasteiger partial charge in [0.05, 0.1) is 10.5 Å². The number of carbonyl (C=O) groups excluding carboxylic acids is 3. The zero-order chi connectivity index (χ0) is 31.5. The molecular weight excluding hydrogens is 656 g/mol. The van der Waals surface area contributed by atoms with Gasteiger partial charge in [0.2, 0.25) is 5.16 Å². The highest BCUT2D eigenvalue weighted by atomic mass is 35.5. The number of ether oxygens (including phenoxy) is 1. The van der Waals surface area contributed by atoms with E-state index in [1.807, 2.05) is 60.7 Å². The third-order valence-corrected chi connectivity index (χ3v) is 10.6. The highest BCUT2D eigenvalue weighted by Gasteiger charge is 2.54. The number of anilines is 1. The molecule has 0 bridgehead atoms. The minimum atomic E-state index is -0.890. The number of tetrazole rings is 1. The second kappa shape index (κ2) is 13.4. The van der Waals surface area contributed by atoms with Crippen LogP contribution >= 0.6 is 46.5 Å². The van der Waals surface area contributed by atoms with Gasteiger partial charge in [-0.05, 0) is 27.1 Å². The number of benzene rings is 2. The minimum absolute atomic E-state index is 0.135. The van der Waals surface area contributed by atoms with Gasteiger partial charge in [-0.25, -0.2) is 14.5 Å². The summed E-state index contributed by atoms with van der Waals surface area (Å²) in [5, 5.41) is 14.6. The van der Waals surface area contributed by atoms with Gasteiger partial charge in [-0.3, -0.25) is 14.5 Å². The monoisotopic (exact) mass is 680 g/mol. The number of esters is 1. The van der Waals surface area contributed by atoms with Crippen molar-refractivity contribution in [2.45, 2.75) is 22.7 Å². The number of rotatable bonds is 10. The summed E-state index contributed by atoms with van der Waals surface area (Å²) < 4.78 is 7.73. The zero-order valence-corrected chi connectivity index (χ0v) is 26.8. The number of thiazole rings is 1. The van der Waals surface area contributed by atoms with Crippen LogP contribution in [0.2, 0.25) is 0 Å². The highest BCUT2D eigenvalue weighted by Crippen LogP contribution is 2.43. The molecule has 4 heterocycles. The van der Waals surface area contributed by atoms with E-state index in [-0.39, 0.29) is 16.4 Å². The Morgan fingerprint density at radius 2 is 1.87 bits per heavy atom. The molecule has 2 aromatic carbocycles. The van der Waals surface area contributed by atoms with E-state index in [2.05, 4.69) is 25.8 Å². The van der Waals surface area contributed by atoms with E-state index in [0.29, 0.717) is 27.1 Å². The van der Waals surface area contributed by atoms with E-state index in [1.165, 1.54) is 39.3 Å². The Morgan fingerprint density at radius 3 is 2.44 bits per heavy atom. The lowest BCUT2D eigenvalue weighted by Gasteiger charge is -2.49. The van der Waals surface area contributed by atoms with Crippen LogP contribution in [0.25, 0.3) is 5.57 Å². The molecule has 2 amide bonds. The summed E-state index contributed by atoms with van der Waals surface area (Å²) in [5.41, 5.74) is 9.39. The van der Waals surface area contributed by atoms with Gasteiger partial charge in [0, 0.05) is 30.3 Å². The molecule has 2 aliphatic heterocycles. The number of carbonyl (C=O) groups is 3. The molecule has 6 rings (SSSR count). The number of hydrogen-bond acceptors (Lipinski definition) is 12. The molecule has 2 aromatic heterocycles. The molecular formula is C29H25ClN8O4S3. The van der Waals surface area contributed by atoms with E-state index in [9.17, 15) is 14.4 Å². The van der Waals surface area contributed by atoms with Gasteiger partial charge in [-0.15, -0.1) is 16.9 Å². The molecule has 4 aromatic rings. The summed E-state index contributed by atoms with van der Waals surface area (Å²) in [7, 11) is 1.72. The third kappa shape index (κ3) is 6.33. The van der Waals surface area contributed by atoms with Crippen LogP contribution in [0.3, 0.4) is 0 Å². The number of aromatic nitrogens is 5. The van der Waals surface area contributed by atoms with Crippen LogP contribution in [0.5, 0.6) is 0 Å². The normalized spacial score (nSPS) is 18.1. The standard InChI is InChI=1S/C29H25ClN8O4S3/c1-37-29(34-35-36-37)44-15-18-14-43-26-21(33-24(39)19(12-30)20-13-32-28(31)45-20)25(40)38(26)22(18)27(41)42-23(16-8-4-2-5-9-16)17-10-6-3-7-11-17/h2-13,21,23,26H,14-15H2,1H3,(H2,31,32)(H,33,39)/t21?,26-/m1/s1. The fourth-order valence-corrected chi connectivity index (χ4v) is 8.19. The topological polar surface area (TPSA) is 158 Å². The Labute approximate surface area is 275 Å². The minimum Gasteiger partial charge on any atom is -0.448 e. The van der Waals surface area contributed by atoms with E-state index in [1.54, 1.807) is 7.05 Å². The van der Waals surface area contributed by atoms with E-state index < -0.39 is 35.3 Å². The zero-order valence-electron chi connectivity index (χ0n) is 23.6. The maximum Gasteiger partial charge on any atom is 0.356 e. The van der Waals surface area contributed by atoms with Crippen molar-refractivity contribution in [2.75, 3.05) is 17.2 Å². The number of nitrogens with two attached hydrogens (primary N) is 1. The van der Waals surface area contributed by atoms with Crippen LogP contribution < -0.4 is 11.1 Å². The quantitative estimate of drug-likeness (QED) is 0.109. The molecule has 0 radical (unpaired) electrons. The molecule has 2 aliphatic rings. The summed E-state index contributed by atoms with van der Waals surface area (Å²) >= 11 is 9.86. The number of nitrogen functional groups attached to an aromatic ring is 1. The van der Waals surface area contributed by atoms with Gasteiger partial charge in [-0.1, -0.05) is 95.4 Å². The fourth-order valence-electron chi connectivity index (χ4n) is 4.87. The van der Waals surface area contributed by atoms with Gasteiger partial charge in [0.1, 0.15) is 17.1 Å². The SMILES string of the molecule is Cn1nnnc1SCC1=C(C(=O)OC(c2ccccc2)c2ccccc2)N2C(=O)C(NC(=O)C(=CCl)c3cnc(N)s3)[C@H]2SC1. The third-order valence-electron chi connectivity index (χ3n) is 7.06. The Balaban J connectivity index is 1.28. The Kier molecular flexibility index (Phi) is 9.21. The van der Waals surface area contributed by atoms with Crippen molar-refractivity contribution in [3.63, 3.8) is 0 Å². The van der Waals surface area contributed by atoms with Crippen molar-refractivity contribution in [2.24, 2.45) is 7.05 Å². The number of β-lactam (4-membered cyclic amide) rings is 1. The summed E-state index contributed by atoms with van der Waals surface area (Å²) in [6.07, 6.45) is 0.730. The molecule has 1 saturated heterocycles. The van der Waals surface area contributed by atoms with Gasteiger partial charge in [0.15, 0.2) is 11.2 Å². The maximum absolute atomic E-state index is 14.1. The Hall–Kier alpha value is -4.18.